The highest BCUT2D eigenvalue weighted by molar-refractivity contribution is 6.30. The lowest BCUT2D eigenvalue weighted by Gasteiger charge is -2.11. The normalized spacial score (nSPS) is 10.3. The van der Waals surface area contributed by atoms with Crippen molar-refractivity contribution in [3.05, 3.63) is 47.2 Å². The van der Waals surface area contributed by atoms with Crippen molar-refractivity contribution in [2.24, 2.45) is 5.73 Å². The maximum Gasteiger partial charge on any atom is 0.131 e. The Bertz CT molecular complexity index is 539. The van der Waals surface area contributed by atoms with Crippen LogP contribution in [0.15, 0.2) is 36.7 Å². The summed E-state index contributed by atoms with van der Waals surface area (Å²) in [5, 5.41) is 12.1. The molecule has 0 radical (unpaired) electrons. The van der Waals surface area contributed by atoms with Crippen molar-refractivity contribution >= 4 is 17.4 Å². The molecule has 0 bridgehead atoms. The fourth-order valence-corrected chi connectivity index (χ4v) is 1.68. The number of nitrogens with zero attached hydrogens (tertiary/aromatic N) is 2. The van der Waals surface area contributed by atoms with Gasteiger partial charge in [0.05, 0.1) is 12.1 Å². The number of nitrogens with two attached hydrogens (primary N) is 1. The Morgan fingerprint density at radius 3 is 3.00 bits per heavy atom. The molecule has 18 heavy (non-hydrogen) atoms. The van der Waals surface area contributed by atoms with Crippen LogP contribution in [0.3, 0.4) is 0 Å². The molecule has 6 heteroatoms. The number of hydrogen-bond acceptors (Lipinski definition) is 3. The first-order valence-electron chi connectivity index (χ1n) is 5.41. The second-order valence-corrected chi connectivity index (χ2v) is 4.11. The van der Waals surface area contributed by atoms with Gasteiger partial charge in [-0.15, -0.1) is 0 Å². The maximum absolute atomic E-state index is 7.46. The molecule has 5 nitrogen and oxygen atoms in total. The van der Waals surface area contributed by atoms with Crippen LogP contribution in [0.2, 0.25) is 5.02 Å². The Kier molecular flexibility index (Phi) is 3.84. The molecule has 0 atom stereocenters. The van der Waals surface area contributed by atoms with Gasteiger partial charge in [-0.1, -0.05) is 11.6 Å². The third-order valence-corrected chi connectivity index (χ3v) is 2.61. The fourth-order valence-electron chi connectivity index (χ4n) is 1.52. The number of halogens is 1. The highest BCUT2D eigenvalue weighted by Crippen LogP contribution is 2.23. The molecule has 2 aromatic rings. The molecule has 1 aromatic carbocycles. The monoisotopic (exact) mass is 264 g/mol. The largest absolute Gasteiger partial charge is 0.491 e. The molecule has 0 aliphatic carbocycles. The van der Waals surface area contributed by atoms with Gasteiger partial charge in [0.25, 0.3) is 0 Å². The zero-order chi connectivity index (χ0) is 13.0. The number of nitrogen functional groups attached to an aromatic ring is 1. The molecule has 94 valence electrons. The van der Waals surface area contributed by atoms with Crippen LogP contribution in [0.4, 0.5) is 0 Å². The van der Waals surface area contributed by atoms with E-state index in [-0.39, 0.29) is 5.84 Å². The molecule has 0 fully saturated rings. The van der Waals surface area contributed by atoms with Crippen LogP contribution in [-0.2, 0) is 6.54 Å². The summed E-state index contributed by atoms with van der Waals surface area (Å²) in [6, 6.07) is 6.86. The minimum atomic E-state index is -0.0410. The molecule has 3 N–H and O–H groups in total. The summed E-state index contributed by atoms with van der Waals surface area (Å²) in [6.07, 6.45) is 3.56. The third kappa shape index (κ3) is 3.01. The molecule has 1 aromatic heterocycles. The summed E-state index contributed by atoms with van der Waals surface area (Å²) in [5.74, 6) is 0.475. The molecular formula is C12H13ClN4O. The smallest absolute Gasteiger partial charge is 0.131 e. The molecule has 0 amide bonds. The van der Waals surface area contributed by atoms with Crippen molar-refractivity contribution in [3.63, 3.8) is 0 Å². The van der Waals surface area contributed by atoms with Crippen molar-refractivity contribution in [2.75, 3.05) is 6.61 Å². The van der Waals surface area contributed by atoms with Crippen molar-refractivity contribution in [1.82, 2.24) is 9.78 Å². The Labute approximate surface area is 110 Å². The Hall–Kier alpha value is -2.01. The van der Waals surface area contributed by atoms with E-state index >= 15 is 0 Å². The van der Waals surface area contributed by atoms with Crippen LogP contribution in [-0.4, -0.2) is 22.2 Å². The zero-order valence-corrected chi connectivity index (χ0v) is 10.4. The van der Waals surface area contributed by atoms with E-state index in [0.29, 0.717) is 29.5 Å². The standard InChI is InChI=1S/C12H13ClN4O/c13-9-2-3-10(12(14)15)11(8-9)18-7-6-17-5-1-4-16-17/h1-5,8H,6-7H2,(H3,14,15). The van der Waals surface area contributed by atoms with E-state index < -0.39 is 0 Å². The SMILES string of the molecule is N=C(N)c1ccc(Cl)cc1OCCn1cccn1. The van der Waals surface area contributed by atoms with Gasteiger partial charge in [-0.05, 0) is 24.3 Å². The summed E-state index contributed by atoms with van der Waals surface area (Å²) >= 11 is 5.89. The molecule has 1 heterocycles. The summed E-state index contributed by atoms with van der Waals surface area (Å²) in [7, 11) is 0. The number of benzene rings is 1. The summed E-state index contributed by atoms with van der Waals surface area (Å²) in [6.45, 7) is 1.05. The van der Waals surface area contributed by atoms with Gasteiger partial charge < -0.3 is 10.5 Å². The van der Waals surface area contributed by atoms with Crippen LogP contribution < -0.4 is 10.5 Å². The third-order valence-electron chi connectivity index (χ3n) is 2.37. The van der Waals surface area contributed by atoms with Gasteiger partial charge in [0, 0.05) is 17.4 Å². The predicted molar refractivity (Wildman–Crippen MR) is 70.2 cm³/mol. The lowest BCUT2D eigenvalue weighted by Crippen LogP contribution is -2.15. The second-order valence-electron chi connectivity index (χ2n) is 3.67. The molecule has 0 spiro atoms. The summed E-state index contributed by atoms with van der Waals surface area (Å²) in [4.78, 5) is 0. The fraction of sp³-hybridized carbons (Fsp3) is 0.167. The summed E-state index contributed by atoms with van der Waals surface area (Å²) < 4.78 is 7.35. The average Bonchev–Trinajstić information content (AvgIpc) is 2.82. The van der Waals surface area contributed by atoms with E-state index in [4.69, 9.17) is 27.5 Å². The number of aromatic nitrogens is 2. The first kappa shape index (κ1) is 12.4. The van der Waals surface area contributed by atoms with E-state index in [1.165, 1.54) is 0 Å². The molecular weight excluding hydrogens is 252 g/mol. The van der Waals surface area contributed by atoms with Crippen LogP contribution in [0.1, 0.15) is 5.56 Å². The molecule has 0 saturated heterocycles. The Morgan fingerprint density at radius 2 is 2.33 bits per heavy atom. The first-order chi connectivity index (χ1) is 8.66. The van der Waals surface area contributed by atoms with Crippen molar-refractivity contribution < 1.29 is 4.74 Å². The van der Waals surface area contributed by atoms with E-state index in [1.54, 1.807) is 29.1 Å². The number of rotatable bonds is 5. The van der Waals surface area contributed by atoms with Crippen LogP contribution in [0, 0.1) is 5.41 Å². The van der Waals surface area contributed by atoms with E-state index in [2.05, 4.69) is 5.10 Å². The molecule has 0 saturated carbocycles. The van der Waals surface area contributed by atoms with Crippen LogP contribution >= 0.6 is 11.6 Å². The quantitative estimate of drug-likeness (QED) is 0.640. The Morgan fingerprint density at radius 1 is 1.50 bits per heavy atom. The van der Waals surface area contributed by atoms with Gasteiger partial charge in [-0.2, -0.15) is 5.10 Å². The average molecular weight is 265 g/mol. The van der Waals surface area contributed by atoms with Crippen molar-refractivity contribution in [3.8, 4) is 5.75 Å². The minimum Gasteiger partial charge on any atom is -0.491 e. The van der Waals surface area contributed by atoms with Crippen LogP contribution in [0.5, 0.6) is 5.75 Å². The van der Waals surface area contributed by atoms with Gasteiger partial charge in [-0.25, -0.2) is 0 Å². The Balaban J connectivity index is 2.03. The summed E-state index contributed by atoms with van der Waals surface area (Å²) in [5.41, 5.74) is 6.02. The second kappa shape index (κ2) is 5.55. The van der Waals surface area contributed by atoms with Gasteiger partial charge in [0.2, 0.25) is 0 Å². The first-order valence-corrected chi connectivity index (χ1v) is 5.79. The predicted octanol–water partition coefficient (Wildman–Crippen LogP) is 1.90. The van der Waals surface area contributed by atoms with E-state index in [0.717, 1.165) is 0 Å². The molecule has 0 unspecified atom stereocenters. The zero-order valence-electron chi connectivity index (χ0n) is 9.64. The van der Waals surface area contributed by atoms with Gasteiger partial charge in [0.1, 0.15) is 18.2 Å². The highest BCUT2D eigenvalue weighted by Gasteiger charge is 2.07. The van der Waals surface area contributed by atoms with Gasteiger partial charge in [-0.3, -0.25) is 10.1 Å². The van der Waals surface area contributed by atoms with Gasteiger partial charge in [0.15, 0.2) is 0 Å². The molecule has 0 aliphatic rings. The minimum absolute atomic E-state index is 0.0410. The highest BCUT2D eigenvalue weighted by atomic mass is 35.5. The van der Waals surface area contributed by atoms with Crippen molar-refractivity contribution in [1.29, 1.82) is 5.41 Å². The lowest BCUT2D eigenvalue weighted by atomic mass is 10.2. The maximum atomic E-state index is 7.46. The van der Waals surface area contributed by atoms with E-state index in [1.807, 2.05) is 12.3 Å². The number of nitrogens with one attached hydrogen (secondary N) is 1. The molecule has 2 rings (SSSR count). The topological polar surface area (TPSA) is 76.9 Å². The number of hydrogen-bond donors (Lipinski definition) is 2. The lowest BCUT2D eigenvalue weighted by molar-refractivity contribution is 0.291. The van der Waals surface area contributed by atoms with Crippen LogP contribution in [0.25, 0.3) is 0 Å². The number of ether oxygens (including phenoxy) is 1. The van der Waals surface area contributed by atoms with Gasteiger partial charge >= 0.3 is 0 Å². The number of amidine groups is 1. The van der Waals surface area contributed by atoms with E-state index in [9.17, 15) is 0 Å². The molecule has 0 aliphatic heterocycles. The van der Waals surface area contributed by atoms with Crippen molar-refractivity contribution in [2.45, 2.75) is 6.54 Å².